The van der Waals surface area contributed by atoms with E-state index in [0.29, 0.717) is 5.92 Å². The summed E-state index contributed by atoms with van der Waals surface area (Å²) in [5, 5.41) is 9.48. The van der Waals surface area contributed by atoms with Gasteiger partial charge in [-0.25, -0.2) is 8.51 Å². The summed E-state index contributed by atoms with van der Waals surface area (Å²) in [6.07, 6.45) is 0. The lowest BCUT2D eigenvalue weighted by atomic mass is 9.82. The molecule has 0 amide bonds. The van der Waals surface area contributed by atoms with Gasteiger partial charge in [-0.05, 0) is 19.8 Å². The molecule has 1 aliphatic heterocycles. The zero-order valence-corrected chi connectivity index (χ0v) is 10.3. The Morgan fingerprint density at radius 3 is 2.57 bits per heavy atom. The molecular formula is C10H21NO2S. The molecule has 0 spiro atoms. The summed E-state index contributed by atoms with van der Waals surface area (Å²) >= 11 is 0. The number of hydrogen-bond donors (Lipinski definition) is 1. The normalized spacial score (nSPS) is 36.6. The van der Waals surface area contributed by atoms with E-state index in [1.807, 2.05) is 18.2 Å². The summed E-state index contributed by atoms with van der Waals surface area (Å²) in [7, 11) is -0.894. The molecule has 1 saturated heterocycles. The van der Waals surface area contributed by atoms with Crippen molar-refractivity contribution in [1.82, 2.24) is 4.31 Å². The molecule has 0 radical (unpaired) electrons. The van der Waals surface area contributed by atoms with Crippen molar-refractivity contribution in [1.29, 1.82) is 0 Å². The second-order valence-corrected chi connectivity index (χ2v) is 6.87. The van der Waals surface area contributed by atoms with Crippen molar-refractivity contribution in [3.63, 3.8) is 0 Å². The van der Waals surface area contributed by atoms with Crippen molar-refractivity contribution in [2.24, 2.45) is 11.3 Å². The van der Waals surface area contributed by atoms with Crippen LogP contribution >= 0.6 is 0 Å². The molecule has 1 N–H and O–H groups in total. The first kappa shape index (κ1) is 12.1. The predicted octanol–water partition coefficient (Wildman–Crippen LogP) is 1.01. The van der Waals surface area contributed by atoms with Gasteiger partial charge in [0.2, 0.25) is 0 Å². The van der Waals surface area contributed by atoms with Crippen molar-refractivity contribution in [2.75, 3.05) is 19.7 Å². The Balaban J connectivity index is 2.68. The van der Waals surface area contributed by atoms with Crippen LogP contribution in [0, 0.1) is 11.3 Å². The number of aliphatic hydroxyl groups excluding tert-OH is 1. The van der Waals surface area contributed by atoms with Crippen LogP contribution in [0.3, 0.4) is 0 Å². The molecule has 14 heavy (non-hydrogen) atoms. The minimum absolute atomic E-state index is 0.0788. The van der Waals surface area contributed by atoms with Gasteiger partial charge >= 0.3 is 0 Å². The van der Waals surface area contributed by atoms with Crippen LogP contribution in [0.2, 0.25) is 0 Å². The molecule has 3 nitrogen and oxygen atoms in total. The van der Waals surface area contributed by atoms with Crippen LogP contribution in [0.25, 0.3) is 0 Å². The van der Waals surface area contributed by atoms with Crippen LogP contribution in [0.5, 0.6) is 0 Å². The van der Waals surface area contributed by atoms with Gasteiger partial charge in [0.1, 0.15) is 0 Å². The third kappa shape index (κ3) is 2.18. The van der Waals surface area contributed by atoms with Gasteiger partial charge in [-0.3, -0.25) is 0 Å². The predicted molar refractivity (Wildman–Crippen MR) is 59.2 cm³/mol. The van der Waals surface area contributed by atoms with Crippen LogP contribution in [0.1, 0.15) is 27.7 Å². The second-order valence-electron chi connectivity index (χ2n) is 4.86. The SMILES string of the molecule is CC(C)S(=O)N1CC(C)C(C)(CO)C1. The lowest BCUT2D eigenvalue weighted by Crippen LogP contribution is -2.32. The van der Waals surface area contributed by atoms with Gasteiger partial charge in [-0.2, -0.15) is 0 Å². The van der Waals surface area contributed by atoms with Crippen LogP contribution in [0.15, 0.2) is 0 Å². The molecule has 0 aromatic heterocycles. The van der Waals surface area contributed by atoms with Crippen molar-refractivity contribution >= 4 is 11.0 Å². The molecule has 4 heteroatoms. The Hall–Kier alpha value is 0.0700. The number of aliphatic hydroxyl groups is 1. The van der Waals surface area contributed by atoms with Gasteiger partial charge in [-0.1, -0.05) is 13.8 Å². The molecule has 0 bridgehead atoms. The maximum Gasteiger partial charge on any atom is 0.0968 e. The molecular weight excluding hydrogens is 198 g/mol. The Bertz CT molecular complexity index is 232. The zero-order chi connectivity index (χ0) is 10.9. The average molecular weight is 219 g/mol. The summed E-state index contributed by atoms with van der Waals surface area (Å²) in [5.41, 5.74) is -0.0788. The van der Waals surface area contributed by atoms with Crippen molar-refractivity contribution < 1.29 is 9.32 Å². The van der Waals surface area contributed by atoms with E-state index in [2.05, 4.69) is 13.8 Å². The fourth-order valence-electron chi connectivity index (χ4n) is 1.79. The van der Waals surface area contributed by atoms with Gasteiger partial charge in [0, 0.05) is 30.4 Å². The monoisotopic (exact) mass is 219 g/mol. The summed E-state index contributed by atoms with van der Waals surface area (Å²) < 4.78 is 13.8. The molecule has 3 atom stereocenters. The fraction of sp³-hybridized carbons (Fsp3) is 1.00. The van der Waals surface area contributed by atoms with Crippen LogP contribution in [-0.2, 0) is 11.0 Å². The summed E-state index contributed by atoms with van der Waals surface area (Å²) in [5.74, 6) is 0.412. The van der Waals surface area contributed by atoms with E-state index >= 15 is 0 Å². The van der Waals surface area contributed by atoms with Gasteiger partial charge in [-0.15, -0.1) is 0 Å². The van der Waals surface area contributed by atoms with E-state index in [-0.39, 0.29) is 17.3 Å². The Morgan fingerprint density at radius 2 is 2.21 bits per heavy atom. The number of hydrogen-bond acceptors (Lipinski definition) is 2. The summed E-state index contributed by atoms with van der Waals surface area (Å²) in [6, 6.07) is 0. The van der Waals surface area contributed by atoms with Gasteiger partial charge < -0.3 is 5.11 Å². The first-order chi connectivity index (χ1) is 6.40. The molecule has 3 unspecified atom stereocenters. The number of rotatable bonds is 3. The third-order valence-electron chi connectivity index (χ3n) is 3.22. The van der Waals surface area contributed by atoms with E-state index in [1.165, 1.54) is 0 Å². The maximum atomic E-state index is 11.8. The highest BCUT2D eigenvalue weighted by molar-refractivity contribution is 7.83. The molecule has 1 rings (SSSR count). The zero-order valence-electron chi connectivity index (χ0n) is 9.49. The minimum Gasteiger partial charge on any atom is -0.396 e. The highest BCUT2D eigenvalue weighted by Crippen LogP contribution is 2.35. The van der Waals surface area contributed by atoms with E-state index < -0.39 is 11.0 Å². The lowest BCUT2D eigenvalue weighted by Gasteiger charge is -2.25. The Kier molecular flexibility index (Phi) is 3.72. The van der Waals surface area contributed by atoms with E-state index in [1.54, 1.807) is 0 Å². The second kappa shape index (κ2) is 4.29. The van der Waals surface area contributed by atoms with Crippen molar-refractivity contribution in [2.45, 2.75) is 32.9 Å². The van der Waals surface area contributed by atoms with E-state index in [9.17, 15) is 9.32 Å². The van der Waals surface area contributed by atoms with Gasteiger partial charge in [0.05, 0.1) is 11.0 Å². The summed E-state index contributed by atoms with van der Waals surface area (Å²) in [6.45, 7) is 9.88. The molecule has 0 saturated carbocycles. The molecule has 0 aliphatic carbocycles. The van der Waals surface area contributed by atoms with Gasteiger partial charge in [0.25, 0.3) is 0 Å². The Labute approximate surface area is 89.1 Å². The van der Waals surface area contributed by atoms with Gasteiger partial charge in [0.15, 0.2) is 0 Å². The topological polar surface area (TPSA) is 40.5 Å². The average Bonchev–Trinajstić information content (AvgIpc) is 2.43. The first-order valence-corrected chi connectivity index (χ1v) is 6.34. The quantitative estimate of drug-likeness (QED) is 0.769. The van der Waals surface area contributed by atoms with Crippen molar-refractivity contribution in [3.05, 3.63) is 0 Å². The highest BCUT2D eigenvalue weighted by atomic mass is 32.2. The fourth-order valence-corrected chi connectivity index (χ4v) is 3.18. The lowest BCUT2D eigenvalue weighted by molar-refractivity contribution is 0.122. The first-order valence-electron chi connectivity index (χ1n) is 5.17. The Morgan fingerprint density at radius 1 is 1.64 bits per heavy atom. The highest BCUT2D eigenvalue weighted by Gasteiger charge is 2.42. The minimum atomic E-state index is -0.894. The molecule has 1 heterocycles. The van der Waals surface area contributed by atoms with E-state index in [0.717, 1.165) is 13.1 Å². The standard InChI is InChI=1S/C10H21NO2S/c1-8(2)14(13)11-5-9(3)10(4,6-11)7-12/h8-9,12H,5-7H2,1-4H3. The smallest absolute Gasteiger partial charge is 0.0968 e. The molecule has 0 aromatic rings. The molecule has 1 aliphatic rings. The molecule has 84 valence electrons. The van der Waals surface area contributed by atoms with E-state index in [4.69, 9.17) is 0 Å². The molecule has 1 fully saturated rings. The van der Waals surface area contributed by atoms with Crippen LogP contribution < -0.4 is 0 Å². The largest absolute Gasteiger partial charge is 0.396 e. The number of nitrogens with zero attached hydrogens (tertiary/aromatic N) is 1. The third-order valence-corrected chi connectivity index (χ3v) is 4.82. The maximum absolute atomic E-state index is 11.8. The van der Waals surface area contributed by atoms with Crippen LogP contribution in [0.4, 0.5) is 0 Å². The van der Waals surface area contributed by atoms with Crippen LogP contribution in [-0.4, -0.2) is 38.6 Å². The molecule has 0 aromatic carbocycles. The van der Waals surface area contributed by atoms with Crippen molar-refractivity contribution in [3.8, 4) is 0 Å². The summed E-state index contributed by atoms with van der Waals surface area (Å²) in [4.78, 5) is 0.